The van der Waals surface area contributed by atoms with Crippen LogP contribution in [0.2, 0.25) is 0 Å². The van der Waals surface area contributed by atoms with Crippen LogP contribution in [0.25, 0.3) is 0 Å². The minimum Gasteiger partial charge on any atom is -0.387 e. The van der Waals surface area contributed by atoms with Crippen molar-refractivity contribution >= 4 is 11.6 Å². The Morgan fingerprint density at radius 2 is 1.74 bits per heavy atom. The van der Waals surface area contributed by atoms with E-state index in [-0.39, 0.29) is 31.0 Å². The first-order chi connectivity index (χ1) is 8.91. The molecular formula is C14H19NO4. The Hall–Kier alpha value is -1.59. The molecule has 0 aromatic carbocycles. The van der Waals surface area contributed by atoms with E-state index in [0.717, 1.165) is 5.56 Å². The fraction of sp³-hybridized carbons (Fsp3) is 0.500. The summed E-state index contributed by atoms with van der Waals surface area (Å²) in [6, 6.07) is 3.60. The molecule has 0 atom stereocenters. The zero-order valence-corrected chi connectivity index (χ0v) is 11.3. The lowest BCUT2D eigenvalue weighted by atomic mass is 9.92. The van der Waals surface area contributed by atoms with Gasteiger partial charge >= 0.3 is 0 Å². The Balaban J connectivity index is 2.53. The van der Waals surface area contributed by atoms with Crippen molar-refractivity contribution in [2.75, 3.05) is 6.61 Å². The first-order valence-electron chi connectivity index (χ1n) is 6.09. The van der Waals surface area contributed by atoms with E-state index in [1.54, 1.807) is 24.5 Å². The minimum atomic E-state index is -1.41. The van der Waals surface area contributed by atoms with Crippen LogP contribution in [0.4, 0.5) is 0 Å². The first kappa shape index (κ1) is 15.5. The second-order valence-corrected chi connectivity index (χ2v) is 4.83. The van der Waals surface area contributed by atoms with Gasteiger partial charge in [-0.1, -0.05) is 0 Å². The van der Waals surface area contributed by atoms with Crippen LogP contribution in [-0.4, -0.2) is 33.9 Å². The minimum absolute atomic E-state index is 0.0471. The average Bonchev–Trinajstić information content (AvgIpc) is 2.27. The molecule has 0 amide bonds. The predicted octanol–water partition coefficient (Wildman–Crippen LogP) is 1.29. The van der Waals surface area contributed by atoms with Crippen LogP contribution in [0.1, 0.15) is 32.3 Å². The van der Waals surface area contributed by atoms with Gasteiger partial charge in [0.15, 0.2) is 0 Å². The zero-order valence-electron chi connectivity index (χ0n) is 11.3. The number of aliphatic hydroxyl groups is 1. The summed E-state index contributed by atoms with van der Waals surface area (Å²) in [5.74, 6) is -0.340. The number of hydrogen-bond donors (Lipinski definition) is 1. The monoisotopic (exact) mass is 265 g/mol. The number of nitrogens with zero attached hydrogens (tertiary/aromatic N) is 1. The first-order valence-corrected chi connectivity index (χ1v) is 6.09. The molecule has 5 heteroatoms. The molecule has 0 saturated carbocycles. The van der Waals surface area contributed by atoms with E-state index < -0.39 is 5.60 Å². The van der Waals surface area contributed by atoms with Crippen molar-refractivity contribution in [1.82, 2.24) is 4.98 Å². The maximum Gasteiger partial charge on any atom is 0.132 e. The van der Waals surface area contributed by atoms with E-state index in [9.17, 15) is 14.7 Å². The molecule has 104 valence electrons. The summed E-state index contributed by atoms with van der Waals surface area (Å²) in [5, 5.41) is 10.3. The van der Waals surface area contributed by atoms with Gasteiger partial charge in [-0.15, -0.1) is 0 Å². The molecule has 0 fully saturated rings. The summed E-state index contributed by atoms with van der Waals surface area (Å²) < 4.78 is 5.40. The number of carbonyl (C=O) groups excluding carboxylic acids is 2. The third-order valence-electron chi connectivity index (χ3n) is 2.54. The van der Waals surface area contributed by atoms with Crippen molar-refractivity contribution in [3.05, 3.63) is 30.1 Å². The van der Waals surface area contributed by atoms with Gasteiger partial charge in [0.2, 0.25) is 0 Å². The molecule has 5 nitrogen and oxygen atoms in total. The maximum absolute atomic E-state index is 11.1. The van der Waals surface area contributed by atoms with Crippen molar-refractivity contribution < 1.29 is 19.4 Å². The Morgan fingerprint density at radius 3 is 2.21 bits per heavy atom. The molecule has 1 aromatic heterocycles. The molecule has 0 aliphatic heterocycles. The summed E-state index contributed by atoms with van der Waals surface area (Å²) in [4.78, 5) is 26.2. The zero-order chi connectivity index (χ0) is 14.3. The largest absolute Gasteiger partial charge is 0.387 e. The highest BCUT2D eigenvalue weighted by atomic mass is 16.5. The van der Waals surface area contributed by atoms with Gasteiger partial charge in [0.25, 0.3) is 0 Å². The van der Waals surface area contributed by atoms with E-state index in [1.807, 2.05) is 0 Å². The molecule has 1 N–H and O–H groups in total. The van der Waals surface area contributed by atoms with Crippen molar-refractivity contribution in [3.63, 3.8) is 0 Å². The highest BCUT2D eigenvalue weighted by Crippen LogP contribution is 2.18. The van der Waals surface area contributed by atoms with E-state index >= 15 is 0 Å². The van der Waals surface area contributed by atoms with E-state index in [2.05, 4.69) is 4.98 Å². The van der Waals surface area contributed by atoms with Crippen molar-refractivity contribution in [3.8, 4) is 0 Å². The van der Waals surface area contributed by atoms with Gasteiger partial charge in [-0.05, 0) is 31.5 Å². The number of hydrogen-bond acceptors (Lipinski definition) is 5. The topological polar surface area (TPSA) is 76.5 Å². The Kier molecular flexibility index (Phi) is 5.79. The summed E-state index contributed by atoms with van der Waals surface area (Å²) >= 11 is 0. The van der Waals surface area contributed by atoms with Crippen LogP contribution in [0.3, 0.4) is 0 Å². The van der Waals surface area contributed by atoms with Crippen molar-refractivity contribution in [1.29, 1.82) is 0 Å². The normalized spacial score (nSPS) is 11.3. The molecule has 1 heterocycles. The predicted molar refractivity (Wildman–Crippen MR) is 69.4 cm³/mol. The van der Waals surface area contributed by atoms with Crippen molar-refractivity contribution in [2.45, 2.75) is 38.9 Å². The molecule has 0 aliphatic carbocycles. The molecular weight excluding hydrogens is 246 g/mol. The number of carbonyl (C=O) groups is 2. The van der Waals surface area contributed by atoms with Crippen LogP contribution in [0.15, 0.2) is 24.5 Å². The van der Waals surface area contributed by atoms with Gasteiger partial charge in [-0.25, -0.2) is 0 Å². The molecule has 0 bridgehead atoms. The quantitative estimate of drug-likeness (QED) is 0.766. The lowest BCUT2D eigenvalue weighted by Gasteiger charge is -2.25. The summed E-state index contributed by atoms with van der Waals surface area (Å²) in [6.07, 6.45) is 3.14. The van der Waals surface area contributed by atoms with Crippen LogP contribution >= 0.6 is 0 Å². The van der Waals surface area contributed by atoms with E-state index in [1.165, 1.54) is 13.8 Å². The second kappa shape index (κ2) is 7.11. The van der Waals surface area contributed by atoms with E-state index in [0.29, 0.717) is 6.61 Å². The molecule has 1 aromatic rings. The smallest absolute Gasteiger partial charge is 0.132 e. The number of Topliss-reactive ketones (excluding diaryl/α,β-unsaturated/α-hetero) is 2. The standard InChI is InChI=1S/C14H19NO4/c1-11(16)7-14(18,8-12(2)17)10-19-9-13-3-5-15-6-4-13/h3-6,18H,7-10H2,1-2H3. The van der Waals surface area contributed by atoms with Crippen LogP contribution < -0.4 is 0 Å². The van der Waals surface area contributed by atoms with Gasteiger partial charge in [0, 0.05) is 25.2 Å². The number of ether oxygens (including phenoxy) is 1. The third-order valence-corrected chi connectivity index (χ3v) is 2.54. The molecule has 1 rings (SSSR count). The van der Waals surface area contributed by atoms with E-state index in [4.69, 9.17) is 4.74 Å². The number of ketones is 2. The fourth-order valence-electron chi connectivity index (χ4n) is 1.93. The van der Waals surface area contributed by atoms with Gasteiger partial charge in [0.05, 0.1) is 13.2 Å². The molecule has 0 spiro atoms. The van der Waals surface area contributed by atoms with Gasteiger partial charge in [-0.3, -0.25) is 14.6 Å². The molecule has 0 aliphatic rings. The number of aromatic nitrogens is 1. The number of pyridine rings is 1. The molecule has 0 saturated heterocycles. The third kappa shape index (κ3) is 6.22. The summed E-state index contributed by atoms with van der Waals surface area (Å²) in [7, 11) is 0. The molecule has 19 heavy (non-hydrogen) atoms. The van der Waals surface area contributed by atoms with Crippen LogP contribution in [0, 0.1) is 0 Å². The average molecular weight is 265 g/mol. The molecule has 0 radical (unpaired) electrons. The highest BCUT2D eigenvalue weighted by molar-refractivity contribution is 5.80. The van der Waals surface area contributed by atoms with Gasteiger partial charge in [0.1, 0.15) is 17.2 Å². The van der Waals surface area contributed by atoms with Crippen LogP contribution in [-0.2, 0) is 20.9 Å². The second-order valence-electron chi connectivity index (χ2n) is 4.83. The number of rotatable bonds is 8. The fourth-order valence-corrected chi connectivity index (χ4v) is 1.93. The van der Waals surface area contributed by atoms with Crippen molar-refractivity contribution in [2.24, 2.45) is 0 Å². The Bertz CT molecular complexity index is 414. The summed E-state index contributed by atoms with van der Waals surface area (Å²) in [6.45, 7) is 3.02. The van der Waals surface area contributed by atoms with Gasteiger partial charge < -0.3 is 9.84 Å². The summed E-state index contributed by atoms with van der Waals surface area (Å²) in [5.41, 5.74) is -0.493. The molecule has 0 unspecified atom stereocenters. The highest BCUT2D eigenvalue weighted by Gasteiger charge is 2.30. The SMILES string of the molecule is CC(=O)CC(O)(COCc1ccncc1)CC(C)=O. The van der Waals surface area contributed by atoms with Crippen LogP contribution in [0.5, 0.6) is 0 Å². The maximum atomic E-state index is 11.1. The lowest BCUT2D eigenvalue weighted by molar-refractivity contribution is -0.132. The lowest BCUT2D eigenvalue weighted by Crippen LogP contribution is -2.38. The Labute approximate surface area is 112 Å². The Morgan fingerprint density at radius 1 is 1.21 bits per heavy atom. The van der Waals surface area contributed by atoms with Gasteiger partial charge in [-0.2, -0.15) is 0 Å².